The number of aliphatic hydroxyl groups is 1. The summed E-state index contributed by atoms with van der Waals surface area (Å²) in [5.41, 5.74) is 7.82. The van der Waals surface area contributed by atoms with Crippen molar-refractivity contribution in [1.82, 2.24) is 19.5 Å². The Morgan fingerprint density at radius 1 is 1.22 bits per heavy atom. The van der Waals surface area contributed by atoms with Crippen LogP contribution in [0.15, 0.2) is 36.9 Å². The van der Waals surface area contributed by atoms with Crippen molar-refractivity contribution in [2.45, 2.75) is 51.0 Å². The number of benzene rings is 1. The van der Waals surface area contributed by atoms with Crippen molar-refractivity contribution in [2.75, 3.05) is 25.6 Å². The van der Waals surface area contributed by atoms with E-state index in [4.69, 9.17) is 24.3 Å². The second-order valence-corrected chi connectivity index (χ2v) is 10.5. The van der Waals surface area contributed by atoms with E-state index in [-0.39, 0.29) is 60.4 Å². The number of phosphoric ester groups is 1. The minimum atomic E-state index is -4.69. The number of imidazole rings is 1. The Morgan fingerprint density at radius 3 is 2.61 bits per heavy atom. The fourth-order valence-electron chi connectivity index (χ4n) is 3.78. The number of ether oxygens (including phenoxy) is 2. The summed E-state index contributed by atoms with van der Waals surface area (Å²) in [6, 6.07) is 7.59. The van der Waals surface area contributed by atoms with Crippen LogP contribution in [0.3, 0.4) is 0 Å². The molecule has 12 nitrogen and oxygen atoms in total. The van der Waals surface area contributed by atoms with E-state index >= 15 is 0 Å². The first-order valence-corrected chi connectivity index (χ1v) is 12.6. The summed E-state index contributed by atoms with van der Waals surface area (Å²) in [5.74, 6) is 0.815. The Labute approximate surface area is 231 Å². The molecule has 1 aliphatic heterocycles. The zero-order valence-electron chi connectivity index (χ0n) is 20.7. The third-order valence-corrected chi connectivity index (χ3v) is 6.67. The number of anilines is 1. The van der Waals surface area contributed by atoms with Gasteiger partial charge in [0, 0.05) is 6.42 Å². The Hall–Kier alpha value is -1.60. The smallest absolute Gasteiger partial charge is 0.756 e. The maximum absolute atomic E-state index is 12.4. The van der Waals surface area contributed by atoms with E-state index in [1.165, 1.54) is 12.7 Å². The van der Waals surface area contributed by atoms with Crippen molar-refractivity contribution in [3.8, 4) is 5.75 Å². The van der Waals surface area contributed by atoms with Gasteiger partial charge in [-0.3, -0.25) is 9.13 Å². The van der Waals surface area contributed by atoms with Crippen LogP contribution in [0, 0.1) is 0 Å². The summed E-state index contributed by atoms with van der Waals surface area (Å²) in [4.78, 5) is 24.6. The molecule has 4 atom stereocenters. The summed E-state index contributed by atoms with van der Waals surface area (Å²) in [5, 5.41) is 9.69. The molecule has 0 spiro atoms. The van der Waals surface area contributed by atoms with Crippen LogP contribution in [0.1, 0.15) is 39.0 Å². The number of nitrogen functional groups attached to an aromatic ring is 1. The number of rotatable bonds is 9. The molecule has 1 fully saturated rings. The Morgan fingerprint density at radius 2 is 1.94 bits per heavy atom. The number of fused-ring (bicyclic) bond motifs is 1. The first-order valence-electron chi connectivity index (χ1n) is 11.1. The SMILES string of the molecule is CC(C)(C)c1ccc(OCCOP(=O)([O-])O[C@H]2C[C@H](n3cnc4c(N)ncnc43)O[C@@H]2CO)cc1.[Na+]. The number of nitrogens with two attached hydrogens (primary N) is 1. The number of nitrogens with zero attached hydrogens (tertiary/aromatic N) is 4. The molecule has 3 heterocycles. The van der Waals surface area contributed by atoms with Crippen molar-refractivity contribution in [1.29, 1.82) is 0 Å². The van der Waals surface area contributed by atoms with Gasteiger partial charge in [0.25, 0.3) is 7.82 Å². The van der Waals surface area contributed by atoms with Gasteiger partial charge in [-0.25, -0.2) is 15.0 Å². The summed E-state index contributed by atoms with van der Waals surface area (Å²) < 4.78 is 35.5. The van der Waals surface area contributed by atoms with Crippen LogP contribution in [0.4, 0.5) is 5.82 Å². The second kappa shape index (κ2) is 11.8. The average Bonchev–Trinajstić information content (AvgIpc) is 3.41. The normalized spacial score (nSPS) is 21.8. The van der Waals surface area contributed by atoms with Gasteiger partial charge in [-0.2, -0.15) is 0 Å². The minimum absolute atomic E-state index is 0. The molecule has 1 saturated heterocycles. The van der Waals surface area contributed by atoms with E-state index in [1.54, 1.807) is 4.57 Å². The standard InChI is InChI=1S/C22H30N5O7P.Na/c1-22(2,3)14-4-6-15(7-5-14)31-8-9-32-35(29,30)34-16-10-18(33-17(16)11-28)27-13-26-19-20(23)24-12-25-21(19)27;/h4-7,12-13,16-18,28H,8-11H2,1-3H3,(H,29,30)(H2,23,24,25);/q;+1/p-1/t16-,17+,18+;/m0./s1. The quantitative estimate of drug-likeness (QED) is 0.197. The molecular weight excluding hydrogens is 500 g/mol. The summed E-state index contributed by atoms with van der Waals surface area (Å²) in [6.07, 6.45) is 0.359. The molecule has 190 valence electrons. The molecule has 1 aliphatic rings. The van der Waals surface area contributed by atoms with Crippen LogP contribution < -0.4 is 44.9 Å². The van der Waals surface area contributed by atoms with Gasteiger partial charge in [-0.05, 0) is 23.1 Å². The second-order valence-electron chi connectivity index (χ2n) is 9.18. The van der Waals surface area contributed by atoms with Gasteiger partial charge in [0.2, 0.25) is 0 Å². The first kappa shape index (κ1) is 29.0. The summed E-state index contributed by atoms with van der Waals surface area (Å²) in [7, 11) is -4.69. The van der Waals surface area contributed by atoms with Crippen molar-refractivity contribution < 1.29 is 62.6 Å². The molecule has 1 aromatic carbocycles. The monoisotopic (exact) mass is 529 g/mol. The molecule has 0 radical (unpaired) electrons. The number of hydrogen-bond donors (Lipinski definition) is 2. The van der Waals surface area contributed by atoms with E-state index in [9.17, 15) is 14.6 Å². The van der Waals surface area contributed by atoms with Crippen molar-refractivity contribution >= 4 is 24.8 Å². The van der Waals surface area contributed by atoms with E-state index in [0.717, 1.165) is 5.56 Å². The van der Waals surface area contributed by atoms with Gasteiger partial charge in [-0.15, -0.1) is 0 Å². The van der Waals surface area contributed by atoms with E-state index < -0.39 is 32.9 Å². The molecule has 3 N–H and O–H groups in total. The molecule has 1 unspecified atom stereocenters. The third kappa shape index (κ3) is 6.83. The van der Waals surface area contributed by atoms with Crippen LogP contribution in [0.5, 0.6) is 5.75 Å². The molecule has 0 bridgehead atoms. The fraction of sp³-hybridized carbons (Fsp3) is 0.500. The predicted molar refractivity (Wildman–Crippen MR) is 124 cm³/mol. The maximum Gasteiger partial charge on any atom is 1.00 e. The molecule has 14 heteroatoms. The van der Waals surface area contributed by atoms with Crippen LogP contribution in [-0.4, -0.2) is 56.7 Å². The Balaban J connectivity index is 0.00000361. The third-order valence-electron chi connectivity index (χ3n) is 5.64. The summed E-state index contributed by atoms with van der Waals surface area (Å²) >= 11 is 0. The maximum atomic E-state index is 12.4. The molecule has 3 aromatic rings. The van der Waals surface area contributed by atoms with Crippen molar-refractivity contribution in [2.24, 2.45) is 0 Å². The Bertz CT molecular complexity index is 1200. The fourth-order valence-corrected chi connectivity index (χ4v) is 4.70. The Kier molecular flexibility index (Phi) is 9.53. The first-order chi connectivity index (χ1) is 16.6. The van der Waals surface area contributed by atoms with E-state index in [2.05, 4.69) is 35.7 Å². The zero-order valence-corrected chi connectivity index (χ0v) is 23.6. The molecule has 36 heavy (non-hydrogen) atoms. The van der Waals surface area contributed by atoms with E-state index in [1.807, 2.05) is 24.3 Å². The number of hydrogen-bond acceptors (Lipinski definition) is 11. The molecule has 4 rings (SSSR count). The number of aliphatic hydroxyl groups excluding tert-OH is 1. The molecule has 2 aromatic heterocycles. The topological polar surface area (TPSA) is 167 Å². The number of phosphoric acid groups is 1. The molecule has 0 aliphatic carbocycles. The average molecular weight is 529 g/mol. The minimum Gasteiger partial charge on any atom is -0.756 e. The van der Waals surface area contributed by atoms with Crippen LogP contribution in [-0.2, 0) is 23.8 Å². The van der Waals surface area contributed by atoms with Gasteiger partial charge in [-0.1, -0.05) is 32.9 Å². The van der Waals surface area contributed by atoms with Gasteiger partial charge in [0.1, 0.15) is 36.5 Å². The van der Waals surface area contributed by atoms with Crippen LogP contribution in [0.25, 0.3) is 11.2 Å². The molecular formula is C22H29N5NaO7P. The van der Waals surface area contributed by atoms with Gasteiger partial charge < -0.3 is 34.3 Å². The number of aromatic nitrogens is 4. The molecule has 0 saturated carbocycles. The largest absolute Gasteiger partial charge is 1.00 e. The summed E-state index contributed by atoms with van der Waals surface area (Å²) in [6.45, 7) is 5.68. The van der Waals surface area contributed by atoms with Crippen molar-refractivity contribution in [3.05, 3.63) is 42.5 Å². The van der Waals surface area contributed by atoms with Gasteiger partial charge in [0.05, 0.1) is 25.6 Å². The van der Waals surface area contributed by atoms with E-state index in [0.29, 0.717) is 16.9 Å². The van der Waals surface area contributed by atoms with Crippen LogP contribution in [0.2, 0.25) is 0 Å². The zero-order chi connectivity index (χ0) is 25.2. The van der Waals surface area contributed by atoms with Crippen molar-refractivity contribution in [3.63, 3.8) is 0 Å². The van der Waals surface area contributed by atoms with Crippen LogP contribution >= 0.6 is 7.82 Å². The van der Waals surface area contributed by atoms with Gasteiger partial charge in [0.15, 0.2) is 11.5 Å². The predicted octanol–water partition coefficient (Wildman–Crippen LogP) is -1.06. The van der Waals surface area contributed by atoms with Gasteiger partial charge >= 0.3 is 29.6 Å². The molecule has 0 amide bonds.